The third-order valence-corrected chi connectivity index (χ3v) is 4.11. The lowest BCUT2D eigenvalue weighted by Crippen LogP contribution is -2.05. The number of rotatable bonds is 4. The van der Waals surface area contributed by atoms with E-state index in [4.69, 9.17) is 16.3 Å². The van der Waals surface area contributed by atoms with Crippen LogP contribution in [0, 0.1) is 0 Å². The van der Waals surface area contributed by atoms with Crippen LogP contribution in [0.15, 0.2) is 45.3 Å². The van der Waals surface area contributed by atoms with Crippen molar-refractivity contribution in [1.82, 2.24) is 5.32 Å². The fourth-order valence-corrected chi connectivity index (χ4v) is 2.87. The highest BCUT2D eigenvalue weighted by molar-refractivity contribution is 9.10. The Morgan fingerprint density at radius 3 is 2.53 bits per heavy atom. The van der Waals surface area contributed by atoms with Gasteiger partial charge in [-0.2, -0.15) is 0 Å². The fourth-order valence-electron chi connectivity index (χ4n) is 1.61. The van der Waals surface area contributed by atoms with Crippen molar-refractivity contribution in [1.29, 1.82) is 0 Å². The van der Waals surface area contributed by atoms with Gasteiger partial charge in [0.1, 0.15) is 11.5 Å². The summed E-state index contributed by atoms with van der Waals surface area (Å²) in [6.07, 6.45) is 0. The highest BCUT2D eigenvalue weighted by Crippen LogP contribution is 2.33. The lowest BCUT2D eigenvalue weighted by atomic mass is 10.2. The lowest BCUT2D eigenvalue weighted by Gasteiger charge is -2.10. The maximum Gasteiger partial charge on any atom is 0.141 e. The van der Waals surface area contributed by atoms with Crippen LogP contribution in [0.4, 0.5) is 0 Å². The van der Waals surface area contributed by atoms with E-state index in [0.29, 0.717) is 5.02 Å². The molecule has 0 atom stereocenters. The number of hydrogen-bond donors (Lipinski definition) is 1. The second kappa shape index (κ2) is 6.75. The average Bonchev–Trinajstić information content (AvgIpc) is 2.36. The molecule has 0 aliphatic carbocycles. The van der Waals surface area contributed by atoms with Gasteiger partial charge in [0, 0.05) is 16.0 Å². The third-order valence-electron chi connectivity index (χ3n) is 2.51. The molecule has 19 heavy (non-hydrogen) atoms. The molecule has 0 saturated carbocycles. The fraction of sp³-hybridized carbons (Fsp3) is 0.143. The SMILES string of the molecule is CNCc1ccc(Oc2ccc(Cl)cc2Br)cc1Br. The van der Waals surface area contributed by atoms with Crippen molar-refractivity contribution in [3.05, 3.63) is 55.9 Å². The van der Waals surface area contributed by atoms with Crippen molar-refractivity contribution in [3.63, 3.8) is 0 Å². The van der Waals surface area contributed by atoms with Gasteiger partial charge in [-0.3, -0.25) is 0 Å². The Balaban J connectivity index is 2.21. The van der Waals surface area contributed by atoms with E-state index in [1.165, 1.54) is 5.56 Å². The first-order valence-electron chi connectivity index (χ1n) is 5.66. The molecule has 0 spiro atoms. The largest absolute Gasteiger partial charge is 0.456 e. The molecule has 0 radical (unpaired) electrons. The molecule has 2 rings (SSSR count). The van der Waals surface area contributed by atoms with Crippen molar-refractivity contribution >= 4 is 43.5 Å². The van der Waals surface area contributed by atoms with E-state index in [-0.39, 0.29) is 0 Å². The summed E-state index contributed by atoms with van der Waals surface area (Å²) >= 11 is 12.9. The minimum atomic E-state index is 0.671. The average molecular weight is 406 g/mol. The second-order valence-electron chi connectivity index (χ2n) is 3.96. The summed E-state index contributed by atoms with van der Waals surface area (Å²) in [6, 6.07) is 11.4. The monoisotopic (exact) mass is 403 g/mol. The summed E-state index contributed by atoms with van der Waals surface area (Å²) in [4.78, 5) is 0. The van der Waals surface area contributed by atoms with Crippen LogP contribution in [0.2, 0.25) is 5.02 Å². The molecule has 2 aromatic carbocycles. The number of nitrogens with one attached hydrogen (secondary N) is 1. The predicted molar refractivity (Wildman–Crippen MR) is 86.1 cm³/mol. The van der Waals surface area contributed by atoms with Crippen LogP contribution in [0.5, 0.6) is 11.5 Å². The summed E-state index contributed by atoms with van der Waals surface area (Å²) < 4.78 is 7.67. The normalized spacial score (nSPS) is 10.5. The third kappa shape index (κ3) is 3.96. The Hall–Kier alpha value is -0.550. The smallest absolute Gasteiger partial charge is 0.141 e. The molecule has 0 saturated heterocycles. The van der Waals surface area contributed by atoms with Gasteiger partial charge in [-0.05, 0) is 58.9 Å². The molecule has 0 heterocycles. The van der Waals surface area contributed by atoms with Gasteiger partial charge in [-0.1, -0.05) is 33.6 Å². The van der Waals surface area contributed by atoms with E-state index in [1.54, 1.807) is 12.1 Å². The van der Waals surface area contributed by atoms with Crippen LogP contribution >= 0.6 is 43.5 Å². The molecule has 100 valence electrons. The van der Waals surface area contributed by atoms with Gasteiger partial charge in [0.25, 0.3) is 0 Å². The van der Waals surface area contributed by atoms with E-state index in [0.717, 1.165) is 27.0 Å². The topological polar surface area (TPSA) is 21.3 Å². The molecule has 2 nitrogen and oxygen atoms in total. The molecule has 1 N–H and O–H groups in total. The number of ether oxygens (including phenoxy) is 1. The van der Waals surface area contributed by atoms with Gasteiger partial charge in [-0.15, -0.1) is 0 Å². The zero-order chi connectivity index (χ0) is 13.8. The Kier molecular flexibility index (Phi) is 5.28. The highest BCUT2D eigenvalue weighted by Gasteiger charge is 2.06. The van der Waals surface area contributed by atoms with Crippen molar-refractivity contribution in [3.8, 4) is 11.5 Å². The first kappa shape index (κ1) is 14.9. The first-order chi connectivity index (χ1) is 9.10. The molecule has 5 heteroatoms. The van der Waals surface area contributed by atoms with Crippen molar-refractivity contribution in [2.24, 2.45) is 0 Å². The van der Waals surface area contributed by atoms with E-state index in [2.05, 4.69) is 37.2 Å². The van der Waals surface area contributed by atoms with E-state index in [9.17, 15) is 0 Å². The van der Waals surface area contributed by atoms with Crippen LogP contribution in [-0.2, 0) is 6.54 Å². The molecular formula is C14H12Br2ClNO. The first-order valence-corrected chi connectivity index (χ1v) is 7.62. The molecule has 0 aliphatic heterocycles. The molecule has 0 aromatic heterocycles. The van der Waals surface area contributed by atoms with E-state index >= 15 is 0 Å². The Bertz CT molecular complexity index is 590. The van der Waals surface area contributed by atoms with E-state index < -0.39 is 0 Å². The van der Waals surface area contributed by atoms with Crippen LogP contribution in [0.25, 0.3) is 0 Å². The van der Waals surface area contributed by atoms with Gasteiger partial charge in [0.15, 0.2) is 0 Å². The molecule has 0 fully saturated rings. The number of halogens is 3. The summed E-state index contributed by atoms with van der Waals surface area (Å²) in [5.41, 5.74) is 1.19. The predicted octanol–water partition coefficient (Wildman–Crippen LogP) is 5.38. The molecule has 0 amide bonds. The molecular weight excluding hydrogens is 393 g/mol. The van der Waals surface area contributed by atoms with Gasteiger partial charge in [-0.25, -0.2) is 0 Å². The van der Waals surface area contributed by atoms with Gasteiger partial charge in [0.05, 0.1) is 4.47 Å². The summed E-state index contributed by atoms with van der Waals surface area (Å²) in [5, 5.41) is 3.79. The van der Waals surface area contributed by atoms with E-state index in [1.807, 2.05) is 31.3 Å². The van der Waals surface area contributed by atoms with Crippen LogP contribution in [0.3, 0.4) is 0 Å². The van der Waals surface area contributed by atoms with Crippen molar-refractivity contribution in [2.45, 2.75) is 6.54 Å². The maximum atomic E-state index is 5.90. The summed E-state index contributed by atoms with van der Waals surface area (Å²) in [7, 11) is 1.92. The summed E-state index contributed by atoms with van der Waals surface area (Å²) in [5.74, 6) is 1.51. The molecule has 0 unspecified atom stereocenters. The van der Waals surface area contributed by atoms with Crippen LogP contribution in [-0.4, -0.2) is 7.05 Å². The molecule has 2 aromatic rings. The number of hydrogen-bond acceptors (Lipinski definition) is 2. The zero-order valence-corrected chi connectivity index (χ0v) is 14.1. The van der Waals surface area contributed by atoms with Gasteiger partial charge in [0.2, 0.25) is 0 Å². The Labute approximate surface area is 134 Å². The number of benzene rings is 2. The second-order valence-corrected chi connectivity index (χ2v) is 6.11. The molecule has 0 bridgehead atoms. The van der Waals surface area contributed by atoms with Crippen LogP contribution < -0.4 is 10.1 Å². The minimum Gasteiger partial charge on any atom is -0.456 e. The lowest BCUT2D eigenvalue weighted by molar-refractivity contribution is 0.479. The quantitative estimate of drug-likeness (QED) is 0.738. The molecule has 0 aliphatic rings. The zero-order valence-electron chi connectivity index (χ0n) is 10.2. The van der Waals surface area contributed by atoms with Crippen LogP contribution in [0.1, 0.15) is 5.56 Å². The Morgan fingerprint density at radius 1 is 1.11 bits per heavy atom. The summed E-state index contributed by atoms with van der Waals surface area (Å²) in [6.45, 7) is 0.811. The minimum absolute atomic E-state index is 0.671. The van der Waals surface area contributed by atoms with Crippen molar-refractivity contribution in [2.75, 3.05) is 7.05 Å². The van der Waals surface area contributed by atoms with Gasteiger partial charge >= 0.3 is 0 Å². The standard InChI is InChI=1S/C14H12Br2ClNO/c1-18-8-9-2-4-11(7-12(9)15)19-14-5-3-10(17)6-13(14)16/h2-7,18H,8H2,1H3. The van der Waals surface area contributed by atoms with Gasteiger partial charge < -0.3 is 10.1 Å². The van der Waals surface area contributed by atoms with Crippen molar-refractivity contribution < 1.29 is 4.74 Å². The maximum absolute atomic E-state index is 5.90. The Morgan fingerprint density at radius 2 is 1.89 bits per heavy atom. The highest BCUT2D eigenvalue weighted by atomic mass is 79.9.